The van der Waals surface area contributed by atoms with Crippen LogP contribution in [0, 0.1) is 13.8 Å². The molecule has 1 atom stereocenters. The lowest BCUT2D eigenvalue weighted by Gasteiger charge is -2.20. The van der Waals surface area contributed by atoms with Gasteiger partial charge in [0.15, 0.2) is 5.25 Å². The van der Waals surface area contributed by atoms with Gasteiger partial charge in [0.25, 0.3) is 5.91 Å². The van der Waals surface area contributed by atoms with Gasteiger partial charge in [0.05, 0.1) is 5.71 Å². The second-order valence-electron chi connectivity index (χ2n) is 4.95. The van der Waals surface area contributed by atoms with Gasteiger partial charge in [-0.3, -0.25) is 14.8 Å². The van der Waals surface area contributed by atoms with Crippen LogP contribution in [-0.4, -0.2) is 31.3 Å². The van der Waals surface area contributed by atoms with Crippen LogP contribution in [0.4, 0.5) is 10.5 Å². The molecule has 2 N–H and O–H groups in total. The molecular weight excluding hydrogens is 294 g/mol. The molecule has 1 aromatic rings. The van der Waals surface area contributed by atoms with Crippen molar-refractivity contribution in [2.45, 2.75) is 26.0 Å². The Balaban J connectivity index is 2.36. The van der Waals surface area contributed by atoms with Crippen molar-refractivity contribution in [1.82, 2.24) is 5.32 Å². The quantitative estimate of drug-likeness (QED) is 0.873. The van der Waals surface area contributed by atoms with Gasteiger partial charge in [-0.25, -0.2) is 18.2 Å². The summed E-state index contributed by atoms with van der Waals surface area (Å²) in [4.78, 5) is 26.3. The molecule has 1 unspecified atom stereocenters. The number of aliphatic imine (C=N–C) groups is 1. The molecule has 0 aromatic heterocycles. The van der Waals surface area contributed by atoms with E-state index in [1.165, 1.54) is 6.92 Å². The predicted molar refractivity (Wildman–Crippen MR) is 78.9 cm³/mol. The van der Waals surface area contributed by atoms with Crippen LogP contribution in [0.15, 0.2) is 23.2 Å². The van der Waals surface area contributed by atoms with E-state index in [-0.39, 0.29) is 5.71 Å². The minimum Gasteiger partial charge on any atom is -0.283 e. The maximum absolute atomic E-state index is 12.3. The molecule has 0 saturated heterocycles. The van der Waals surface area contributed by atoms with E-state index in [4.69, 9.17) is 0 Å². The van der Waals surface area contributed by atoms with Crippen LogP contribution in [0.3, 0.4) is 0 Å². The molecule has 0 fully saturated rings. The molecule has 3 amide bonds. The van der Waals surface area contributed by atoms with Gasteiger partial charge >= 0.3 is 6.03 Å². The number of amides is 3. The molecule has 0 spiro atoms. The molecule has 112 valence electrons. The molecule has 21 heavy (non-hydrogen) atoms. The Hall–Kier alpha value is -2.22. The lowest BCUT2D eigenvalue weighted by atomic mass is 10.1. The van der Waals surface area contributed by atoms with Gasteiger partial charge in [0.1, 0.15) is 0 Å². The van der Waals surface area contributed by atoms with Gasteiger partial charge in [-0.2, -0.15) is 0 Å². The first-order valence-corrected chi connectivity index (χ1v) is 7.73. The average molecular weight is 309 g/mol. The van der Waals surface area contributed by atoms with Gasteiger partial charge < -0.3 is 0 Å². The average Bonchev–Trinajstić information content (AvgIpc) is 2.23. The number of anilines is 1. The molecule has 1 heterocycles. The number of aryl methyl sites for hydroxylation is 2. The zero-order valence-electron chi connectivity index (χ0n) is 11.8. The molecule has 2 rings (SSSR count). The minimum atomic E-state index is -4.04. The van der Waals surface area contributed by atoms with E-state index in [1.54, 1.807) is 12.1 Å². The Bertz CT molecular complexity index is 732. The third-order valence-corrected chi connectivity index (χ3v) is 4.61. The summed E-state index contributed by atoms with van der Waals surface area (Å²) in [7, 11) is -4.04. The molecule has 1 aliphatic heterocycles. The summed E-state index contributed by atoms with van der Waals surface area (Å²) in [5, 5.41) is 0.372. The fourth-order valence-corrected chi connectivity index (χ4v) is 3.64. The number of rotatable bonds is 3. The zero-order chi connectivity index (χ0) is 15.8. The number of nitrogens with one attached hydrogen (secondary N) is 2. The fourth-order valence-electron chi connectivity index (χ4n) is 2.23. The Morgan fingerprint density at radius 1 is 1.10 bits per heavy atom. The molecule has 7 nitrogen and oxygen atoms in total. The number of sulfonamides is 1. The predicted octanol–water partition coefficient (Wildman–Crippen LogP) is 1.12. The van der Waals surface area contributed by atoms with Crippen molar-refractivity contribution in [2.24, 2.45) is 4.99 Å². The molecule has 0 saturated carbocycles. The van der Waals surface area contributed by atoms with E-state index in [9.17, 15) is 18.0 Å². The van der Waals surface area contributed by atoms with E-state index in [2.05, 4.69) is 9.71 Å². The largest absolute Gasteiger partial charge is 0.347 e. The standard InChI is InChI=1S/C13H15N3O4S/c1-7-4-8(2)6-10(5-7)16-21(19,20)11-9(3)14-13(18)15-12(11)17/h4-6,11,16H,1-3H3,(H,15,17,18). The smallest absolute Gasteiger partial charge is 0.283 e. The third-order valence-electron chi connectivity index (χ3n) is 2.92. The van der Waals surface area contributed by atoms with Crippen molar-refractivity contribution >= 4 is 33.4 Å². The van der Waals surface area contributed by atoms with Crippen molar-refractivity contribution in [3.05, 3.63) is 29.3 Å². The first-order chi connectivity index (χ1) is 9.69. The summed E-state index contributed by atoms with van der Waals surface area (Å²) < 4.78 is 27.0. The fraction of sp³-hybridized carbons (Fsp3) is 0.308. The number of hydrogen-bond donors (Lipinski definition) is 2. The van der Waals surface area contributed by atoms with E-state index >= 15 is 0 Å². The van der Waals surface area contributed by atoms with Crippen molar-refractivity contribution in [3.8, 4) is 0 Å². The van der Waals surface area contributed by atoms with Gasteiger partial charge in [0, 0.05) is 5.69 Å². The normalized spacial score (nSPS) is 19.0. The number of hydrogen-bond acceptors (Lipinski definition) is 4. The number of carbonyl (C=O) groups excluding carboxylic acids is 2. The highest BCUT2D eigenvalue weighted by Gasteiger charge is 2.39. The molecular formula is C13H15N3O4S. The Morgan fingerprint density at radius 3 is 2.19 bits per heavy atom. The van der Waals surface area contributed by atoms with E-state index in [0.29, 0.717) is 5.69 Å². The van der Waals surface area contributed by atoms with Gasteiger partial charge in [0.2, 0.25) is 10.0 Å². The van der Waals surface area contributed by atoms with Crippen LogP contribution < -0.4 is 10.0 Å². The van der Waals surface area contributed by atoms with Crippen LogP contribution in [-0.2, 0) is 14.8 Å². The summed E-state index contributed by atoms with van der Waals surface area (Å²) in [5.74, 6) is -0.899. The number of benzene rings is 1. The molecule has 1 aromatic carbocycles. The number of carbonyl (C=O) groups is 2. The van der Waals surface area contributed by atoms with E-state index in [0.717, 1.165) is 11.1 Å². The molecule has 0 bridgehead atoms. The zero-order valence-corrected chi connectivity index (χ0v) is 12.6. The lowest BCUT2D eigenvalue weighted by Crippen LogP contribution is -2.51. The van der Waals surface area contributed by atoms with Crippen LogP contribution in [0.2, 0.25) is 0 Å². The maximum Gasteiger partial charge on any atom is 0.347 e. The summed E-state index contributed by atoms with van der Waals surface area (Å²) in [5.41, 5.74) is 2.09. The SMILES string of the molecule is CC1=NC(=O)NC(=O)C1S(=O)(=O)Nc1cc(C)cc(C)c1. The number of urea groups is 1. The number of nitrogens with zero attached hydrogens (tertiary/aromatic N) is 1. The monoisotopic (exact) mass is 309 g/mol. The van der Waals surface area contributed by atoms with Crippen molar-refractivity contribution in [3.63, 3.8) is 0 Å². The van der Waals surface area contributed by atoms with Gasteiger partial charge in [-0.1, -0.05) is 6.07 Å². The van der Waals surface area contributed by atoms with E-state index < -0.39 is 27.2 Å². The van der Waals surface area contributed by atoms with Crippen LogP contribution in [0.5, 0.6) is 0 Å². The summed E-state index contributed by atoms with van der Waals surface area (Å²) in [6.07, 6.45) is 0. The lowest BCUT2D eigenvalue weighted by molar-refractivity contribution is -0.118. The van der Waals surface area contributed by atoms with Crippen molar-refractivity contribution in [1.29, 1.82) is 0 Å². The molecule has 0 aliphatic carbocycles. The summed E-state index contributed by atoms with van der Waals surface area (Å²) in [6, 6.07) is 4.36. The maximum atomic E-state index is 12.3. The first kappa shape index (κ1) is 15.2. The van der Waals surface area contributed by atoms with Crippen LogP contribution in [0.25, 0.3) is 0 Å². The highest BCUT2D eigenvalue weighted by Crippen LogP contribution is 2.18. The van der Waals surface area contributed by atoms with Gasteiger partial charge in [-0.15, -0.1) is 0 Å². The molecule has 8 heteroatoms. The molecule has 1 aliphatic rings. The topological polar surface area (TPSA) is 105 Å². The third kappa shape index (κ3) is 3.27. The Morgan fingerprint density at radius 2 is 1.67 bits per heavy atom. The van der Waals surface area contributed by atoms with Crippen LogP contribution in [0.1, 0.15) is 18.1 Å². The Labute approximate surface area is 122 Å². The second-order valence-corrected chi connectivity index (χ2v) is 6.72. The number of imide groups is 1. The van der Waals surface area contributed by atoms with Crippen LogP contribution >= 0.6 is 0 Å². The van der Waals surface area contributed by atoms with Gasteiger partial charge in [-0.05, 0) is 44.0 Å². The highest BCUT2D eigenvalue weighted by atomic mass is 32.2. The Kier molecular flexibility index (Phi) is 3.82. The first-order valence-electron chi connectivity index (χ1n) is 6.19. The van der Waals surface area contributed by atoms with E-state index in [1.807, 2.05) is 25.2 Å². The second kappa shape index (κ2) is 5.28. The van der Waals surface area contributed by atoms with Crippen molar-refractivity contribution in [2.75, 3.05) is 4.72 Å². The van der Waals surface area contributed by atoms with Crippen molar-refractivity contribution < 1.29 is 18.0 Å². The highest BCUT2D eigenvalue weighted by molar-refractivity contribution is 7.94. The summed E-state index contributed by atoms with van der Waals surface area (Å²) >= 11 is 0. The molecule has 0 radical (unpaired) electrons. The summed E-state index contributed by atoms with van der Waals surface area (Å²) in [6.45, 7) is 5.01. The minimum absolute atomic E-state index is 0.0550.